The van der Waals surface area contributed by atoms with Crippen LogP contribution >= 0.6 is 11.6 Å². The number of anilines is 1. The Labute approximate surface area is 149 Å². The van der Waals surface area contributed by atoms with E-state index < -0.39 is 14.9 Å². The molecule has 2 aromatic rings. The molecule has 0 aliphatic carbocycles. The Kier molecular flexibility index (Phi) is 5.70. The van der Waals surface area contributed by atoms with Crippen LogP contribution < -0.4 is 4.72 Å². The van der Waals surface area contributed by atoms with Crippen LogP contribution in [0, 0.1) is 10.1 Å². The van der Waals surface area contributed by atoms with E-state index in [0.29, 0.717) is 0 Å². The minimum atomic E-state index is -4.16. The topological polar surface area (TPSA) is 114 Å². The highest BCUT2D eigenvalue weighted by molar-refractivity contribution is 7.92. The van der Waals surface area contributed by atoms with E-state index in [0.717, 1.165) is 6.07 Å². The first-order valence-electron chi connectivity index (χ1n) is 7.17. The second kappa shape index (κ2) is 7.58. The number of nitrogens with one attached hydrogen (secondary N) is 1. The lowest BCUT2D eigenvalue weighted by Crippen LogP contribution is -2.13. The van der Waals surface area contributed by atoms with Crippen LogP contribution in [0.25, 0.3) is 0 Å². The predicted octanol–water partition coefficient (Wildman–Crippen LogP) is 4.54. The summed E-state index contributed by atoms with van der Waals surface area (Å²) in [5, 5.41) is 19.0. The lowest BCUT2D eigenvalue weighted by Gasteiger charge is -2.11. The second-order valence-corrected chi connectivity index (χ2v) is 7.36. The molecule has 0 heterocycles. The summed E-state index contributed by atoms with van der Waals surface area (Å²) in [7, 11) is -4.16. The van der Waals surface area contributed by atoms with Crippen molar-refractivity contribution < 1.29 is 13.3 Å². The number of hydrogen-bond donors (Lipinski definition) is 1. The summed E-state index contributed by atoms with van der Waals surface area (Å²) in [6.45, 7) is 3.54. The Morgan fingerprint density at radius 2 is 1.88 bits per heavy atom. The third-order valence-electron chi connectivity index (χ3n) is 2.96. The maximum atomic E-state index is 12.7. The SMILES string of the molecule is CC(C)N=Nc1ccc([N+](=O)[O-])cc1S(=O)(=O)Nc1ccccc1Cl. The summed E-state index contributed by atoms with van der Waals surface area (Å²) in [5.41, 5.74) is -0.218. The molecule has 1 N–H and O–H groups in total. The molecular formula is C15H15ClN4O4S. The molecule has 0 amide bonds. The van der Waals surface area contributed by atoms with Crippen molar-refractivity contribution in [1.29, 1.82) is 0 Å². The number of rotatable bonds is 6. The van der Waals surface area contributed by atoms with Gasteiger partial charge >= 0.3 is 0 Å². The normalized spacial score (nSPS) is 11.8. The molecule has 0 aliphatic heterocycles. The summed E-state index contributed by atoms with van der Waals surface area (Å²) in [4.78, 5) is 9.95. The molecule has 0 saturated heterocycles. The third kappa shape index (κ3) is 4.74. The molecule has 0 aromatic heterocycles. The number of benzene rings is 2. The first kappa shape index (κ1) is 18.8. The maximum Gasteiger partial charge on any atom is 0.270 e. The van der Waals surface area contributed by atoms with Gasteiger partial charge in [0.25, 0.3) is 15.7 Å². The molecule has 0 bridgehead atoms. The van der Waals surface area contributed by atoms with Crippen LogP contribution in [0.15, 0.2) is 57.6 Å². The molecule has 0 unspecified atom stereocenters. The maximum absolute atomic E-state index is 12.7. The van der Waals surface area contributed by atoms with Gasteiger partial charge in [-0.25, -0.2) is 8.42 Å². The standard InChI is InChI=1S/C15H15ClN4O4S/c1-10(2)17-18-14-8-7-11(20(21)22)9-15(14)25(23,24)19-13-6-4-3-5-12(13)16/h3-10,19H,1-2H3. The number of azo groups is 1. The zero-order chi connectivity index (χ0) is 18.6. The van der Waals surface area contributed by atoms with Crippen molar-refractivity contribution in [3.05, 3.63) is 57.6 Å². The van der Waals surface area contributed by atoms with E-state index in [2.05, 4.69) is 15.0 Å². The van der Waals surface area contributed by atoms with Crippen molar-refractivity contribution in [3.8, 4) is 0 Å². The van der Waals surface area contributed by atoms with Gasteiger partial charge in [-0.05, 0) is 32.0 Å². The first-order chi connectivity index (χ1) is 11.7. The minimum Gasteiger partial charge on any atom is -0.278 e. The highest BCUT2D eigenvalue weighted by Crippen LogP contribution is 2.32. The van der Waals surface area contributed by atoms with Crippen LogP contribution in [-0.2, 0) is 10.0 Å². The number of non-ortho nitro benzene ring substituents is 1. The summed E-state index contributed by atoms with van der Waals surface area (Å²) in [6.07, 6.45) is 0. The molecule has 10 heteroatoms. The van der Waals surface area contributed by atoms with Crippen LogP contribution in [0.4, 0.5) is 17.1 Å². The summed E-state index contributed by atoms with van der Waals surface area (Å²) < 4.78 is 27.7. The number of sulfonamides is 1. The van der Waals surface area contributed by atoms with E-state index >= 15 is 0 Å². The predicted molar refractivity (Wildman–Crippen MR) is 95.0 cm³/mol. The first-order valence-corrected chi connectivity index (χ1v) is 9.03. The summed E-state index contributed by atoms with van der Waals surface area (Å²) >= 11 is 5.96. The van der Waals surface area contributed by atoms with E-state index in [1.54, 1.807) is 26.0 Å². The molecule has 0 fully saturated rings. The Balaban J connectivity index is 2.55. The van der Waals surface area contributed by atoms with Crippen LogP contribution in [0.1, 0.15) is 13.8 Å². The Hall–Kier alpha value is -2.52. The molecular weight excluding hydrogens is 368 g/mol. The molecule has 0 aliphatic rings. The molecule has 2 aromatic carbocycles. The smallest absolute Gasteiger partial charge is 0.270 e. The lowest BCUT2D eigenvalue weighted by molar-refractivity contribution is -0.385. The van der Waals surface area contributed by atoms with E-state index in [4.69, 9.17) is 11.6 Å². The van der Waals surface area contributed by atoms with Gasteiger partial charge < -0.3 is 0 Å². The third-order valence-corrected chi connectivity index (χ3v) is 4.68. The van der Waals surface area contributed by atoms with Gasteiger partial charge in [-0.3, -0.25) is 14.8 Å². The largest absolute Gasteiger partial charge is 0.278 e. The second-order valence-electron chi connectivity index (χ2n) is 5.30. The quantitative estimate of drug-likeness (QED) is 0.448. The van der Waals surface area contributed by atoms with Crippen molar-refractivity contribution in [2.75, 3.05) is 4.72 Å². The monoisotopic (exact) mass is 382 g/mol. The zero-order valence-corrected chi connectivity index (χ0v) is 15.0. The zero-order valence-electron chi connectivity index (χ0n) is 13.4. The fraction of sp³-hybridized carbons (Fsp3) is 0.200. The molecule has 0 saturated carbocycles. The van der Waals surface area contributed by atoms with Gasteiger partial charge in [0.05, 0.1) is 21.7 Å². The average molecular weight is 383 g/mol. The number of halogens is 1. The van der Waals surface area contributed by atoms with Crippen LogP contribution in [0.5, 0.6) is 0 Å². The van der Waals surface area contributed by atoms with Crippen LogP contribution in [0.2, 0.25) is 5.02 Å². The Morgan fingerprint density at radius 3 is 2.48 bits per heavy atom. The summed E-state index contributed by atoms with van der Waals surface area (Å²) in [5.74, 6) is 0. The minimum absolute atomic E-state index is 0.00106. The van der Waals surface area contributed by atoms with E-state index in [1.807, 2.05) is 0 Å². The van der Waals surface area contributed by atoms with Crippen molar-refractivity contribution in [2.24, 2.45) is 10.2 Å². The van der Waals surface area contributed by atoms with Gasteiger partial charge in [-0.15, -0.1) is 0 Å². The number of para-hydroxylation sites is 1. The van der Waals surface area contributed by atoms with Gasteiger partial charge in [0.1, 0.15) is 10.6 Å². The number of hydrogen-bond acceptors (Lipinski definition) is 6. The van der Waals surface area contributed by atoms with Crippen molar-refractivity contribution >= 4 is 38.7 Å². The summed E-state index contributed by atoms with van der Waals surface area (Å²) in [6, 6.07) is 9.44. The van der Waals surface area contributed by atoms with Crippen molar-refractivity contribution in [2.45, 2.75) is 24.8 Å². The number of nitro groups is 1. The van der Waals surface area contributed by atoms with Gasteiger partial charge in [0.2, 0.25) is 0 Å². The van der Waals surface area contributed by atoms with E-state index in [9.17, 15) is 18.5 Å². The van der Waals surface area contributed by atoms with Gasteiger partial charge in [-0.1, -0.05) is 23.7 Å². The number of nitro benzene ring substituents is 1. The Bertz CT molecular complexity index is 929. The van der Waals surface area contributed by atoms with Gasteiger partial charge in [-0.2, -0.15) is 10.2 Å². The molecule has 0 radical (unpaired) electrons. The van der Waals surface area contributed by atoms with Crippen molar-refractivity contribution in [3.63, 3.8) is 0 Å². The molecule has 8 nitrogen and oxygen atoms in total. The molecule has 25 heavy (non-hydrogen) atoms. The van der Waals surface area contributed by atoms with E-state index in [-0.39, 0.29) is 33.0 Å². The van der Waals surface area contributed by atoms with E-state index in [1.165, 1.54) is 24.3 Å². The number of nitrogens with zero attached hydrogens (tertiary/aromatic N) is 3. The molecule has 0 spiro atoms. The highest BCUT2D eigenvalue weighted by Gasteiger charge is 2.23. The highest BCUT2D eigenvalue weighted by atomic mass is 35.5. The van der Waals surface area contributed by atoms with Crippen LogP contribution in [-0.4, -0.2) is 19.4 Å². The average Bonchev–Trinajstić information content (AvgIpc) is 2.54. The Morgan fingerprint density at radius 1 is 1.20 bits per heavy atom. The van der Waals surface area contributed by atoms with Gasteiger partial charge in [0.15, 0.2) is 0 Å². The lowest BCUT2D eigenvalue weighted by atomic mass is 10.3. The van der Waals surface area contributed by atoms with Crippen LogP contribution in [0.3, 0.4) is 0 Å². The molecule has 132 valence electrons. The van der Waals surface area contributed by atoms with Crippen molar-refractivity contribution in [1.82, 2.24) is 0 Å². The fourth-order valence-electron chi connectivity index (χ4n) is 1.84. The van der Waals surface area contributed by atoms with Gasteiger partial charge in [0, 0.05) is 12.1 Å². The molecule has 2 rings (SSSR count). The molecule has 0 atom stereocenters. The fourth-order valence-corrected chi connectivity index (χ4v) is 3.31.